The molecule has 1 saturated carbocycles. The number of carbonyl (C=O) groups excluding carboxylic acids is 1. The highest BCUT2D eigenvalue weighted by atomic mass is 16.5. The molecule has 0 heterocycles. The first-order valence-electron chi connectivity index (χ1n) is 7.85. The normalized spacial score (nSPS) is 17.2. The average Bonchev–Trinajstić information content (AvgIpc) is 2.54. The van der Waals surface area contributed by atoms with Crippen LogP contribution in [-0.4, -0.2) is 25.1 Å². The van der Waals surface area contributed by atoms with Crippen LogP contribution >= 0.6 is 0 Å². The van der Waals surface area contributed by atoms with Crippen LogP contribution in [0.25, 0.3) is 0 Å². The Bertz CT molecular complexity index is 439. The molecule has 0 spiro atoms. The first-order valence-corrected chi connectivity index (χ1v) is 7.85. The molecular weight excluding hydrogens is 264 g/mol. The minimum atomic E-state index is -0.133. The van der Waals surface area contributed by atoms with Crippen molar-refractivity contribution in [1.82, 2.24) is 10.6 Å². The molecule has 1 amide bonds. The first-order chi connectivity index (χ1) is 10.2. The molecule has 0 bridgehead atoms. The molecule has 4 heteroatoms. The zero-order chi connectivity index (χ0) is 15.1. The van der Waals surface area contributed by atoms with Gasteiger partial charge in [-0.2, -0.15) is 0 Å². The van der Waals surface area contributed by atoms with Crippen LogP contribution in [0.4, 0.5) is 0 Å². The van der Waals surface area contributed by atoms with Gasteiger partial charge < -0.3 is 15.4 Å². The summed E-state index contributed by atoms with van der Waals surface area (Å²) in [4.78, 5) is 12.1. The molecular formula is C17H26N2O2. The molecule has 0 radical (unpaired) electrons. The quantitative estimate of drug-likeness (QED) is 0.847. The zero-order valence-corrected chi connectivity index (χ0v) is 13.0. The van der Waals surface area contributed by atoms with E-state index in [1.54, 1.807) is 7.11 Å². The Morgan fingerprint density at radius 3 is 2.52 bits per heavy atom. The maximum Gasteiger partial charge on any atom is 0.237 e. The van der Waals surface area contributed by atoms with Crippen molar-refractivity contribution in [3.8, 4) is 5.75 Å². The lowest BCUT2D eigenvalue weighted by Crippen LogP contribution is -2.46. The van der Waals surface area contributed by atoms with Crippen LogP contribution < -0.4 is 15.4 Å². The number of amides is 1. The molecule has 1 atom stereocenters. The van der Waals surface area contributed by atoms with E-state index in [2.05, 4.69) is 10.6 Å². The second-order valence-corrected chi connectivity index (χ2v) is 5.79. The van der Waals surface area contributed by atoms with Crippen LogP contribution in [0.5, 0.6) is 5.75 Å². The highest BCUT2D eigenvalue weighted by molar-refractivity contribution is 5.81. The van der Waals surface area contributed by atoms with E-state index in [1.165, 1.54) is 32.1 Å². The third kappa shape index (κ3) is 5.05. The Morgan fingerprint density at radius 1 is 1.24 bits per heavy atom. The Kier molecular flexibility index (Phi) is 6.05. The molecule has 0 aliphatic heterocycles. The topological polar surface area (TPSA) is 50.4 Å². The van der Waals surface area contributed by atoms with Crippen molar-refractivity contribution >= 4 is 5.91 Å². The van der Waals surface area contributed by atoms with Gasteiger partial charge in [0.2, 0.25) is 5.91 Å². The highest BCUT2D eigenvalue weighted by Gasteiger charge is 2.19. The minimum Gasteiger partial charge on any atom is -0.497 e. The van der Waals surface area contributed by atoms with Crippen molar-refractivity contribution in [2.45, 2.75) is 57.7 Å². The van der Waals surface area contributed by atoms with E-state index in [0.29, 0.717) is 12.6 Å². The standard InChI is InChI=1S/C17H26N2O2/c1-13(19-15-6-4-3-5-7-15)17(20)18-12-14-8-10-16(21-2)11-9-14/h8-11,13,15,19H,3-7,12H2,1-2H3,(H,18,20)/t13-/m1/s1. The summed E-state index contributed by atoms with van der Waals surface area (Å²) in [6.45, 7) is 2.50. The third-order valence-corrected chi connectivity index (χ3v) is 4.11. The van der Waals surface area contributed by atoms with Gasteiger partial charge in [-0.05, 0) is 37.5 Å². The first kappa shape index (κ1) is 15.8. The van der Waals surface area contributed by atoms with E-state index in [1.807, 2.05) is 31.2 Å². The number of benzene rings is 1. The van der Waals surface area contributed by atoms with Crippen LogP contribution in [0, 0.1) is 0 Å². The van der Waals surface area contributed by atoms with Crippen LogP contribution in [0.2, 0.25) is 0 Å². The smallest absolute Gasteiger partial charge is 0.237 e. The van der Waals surface area contributed by atoms with Crippen molar-refractivity contribution in [2.24, 2.45) is 0 Å². The van der Waals surface area contributed by atoms with E-state index >= 15 is 0 Å². The molecule has 1 fully saturated rings. The molecule has 116 valence electrons. The predicted molar refractivity (Wildman–Crippen MR) is 84.3 cm³/mol. The number of carbonyl (C=O) groups is 1. The number of ether oxygens (including phenoxy) is 1. The fourth-order valence-electron chi connectivity index (χ4n) is 2.78. The number of rotatable bonds is 6. The van der Waals surface area contributed by atoms with Crippen molar-refractivity contribution in [1.29, 1.82) is 0 Å². The van der Waals surface area contributed by atoms with Crippen molar-refractivity contribution in [3.63, 3.8) is 0 Å². The highest BCUT2D eigenvalue weighted by Crippen LogP contribution is 2.17. The van der Waals surface area contributed by atoms with Gasteiger partial charge in [0.05, 0.1) is 13.2 Å². The molecule has 1 aliphatic rings. The number of hydrogen-bond donors (Lipinski definition) is 2. The fourth-order valence-corrected chi connectivity index (χ4v) is 2.78. The maximum atomic E-state index is 12.1. The summed E-state index contributed by atoms with van der Waals surface area (Å²) in [6, 6.07) is 8.12. The van der Waals surface area contributed by atoms with Gasteiger partial charge in [0.15, 0.2) is 0 Å². The van der Waals surface area contributed by atoms with Gasteiger partial charge >= 0.3 is 0 Å². The molecule has 21 heavy (non-hydrogen) atoms. The fraction of sp³-hybridized carbons (Fsp3) is 0.588. The van der Waals surface area contributed by atoms with Gasteiger partial charge in [-0.3, -0.25) is 4.79 Å². The van der Waals surface area contributed by atoms with Gasteiger partial charge in [0.25, 0.3) is 0 Å². The minimum absolute atomic E-state index is 0.0661. The van der Waals surface area contributed by atoms with Gasteiger partial charge in [-0.1, -0.05) is 31.4 Å². The predicted octanol–water partition coefficient (Wildman–Crippen LogP) is 2.62. The van der Waals surface area contributed by atoms with Crippen molar-refractivity contribution in [3.05, 3.63) is 29.8 Å². The molecule has 2 rings (SSSR count). The lowest BCUT2D eigenvalue weighted by atomic mass is 9.95. The van der Waals surface area contributed by atoms with E-state index in [-0.39, 0.29) is 11.9 Å². The summed E-state index contributed by atoms with van der Waals surface area (Å²) in [5.74, 6) is 0.897. The average molecular weight is 290 g/mol. The third-order valence-electron chi connectivity index (χ3n) is 4.11. The Labute approximate surface area is 127 Å². The Balaban J connectivity index is 1.74. The molecule has 1 aromatic carbocycles. The summed E-state index contributed by atoms with van der Waals surface area (Å²) in [6.07, 6.45) is 6.26. The largest absolute Gasteiger partial charge is 0.497 e. The summed E-state index contributed by atoms with van der Waals surface area (Å²) < 4.78 is 5.12. The zero-order valence-electron chi connectivity index (χ0n) is 13.0. The second kappa shape index (κ2) is 8.03. The molecule has 1 aliphatic carbocycles. The maximum absolute atomic E-state index is 12.1. The van der Waals surface area contributed by atoms with Crippen LogP contribution in [-0.2, 0) is 11.3 Å². The van der Waals surface area contributed by atoms with Gasteiger partial charge in [-0.15, -0.1) is 0 Å². The van der Waals surface area contributed by atoms with Crippen molar-refractivity contribution in [2.75, 3.05) is 7.11 Å². The summed E-state index contributed by atoms with van der Waals surface area (Å²) >= 11 is 0. The molecule has 2 N–H and O–H groups in total. The summed E-state index contributed by atoms with van der Waals surface area (Å²) in [7, 11) is 1.65. The van der Waals surface area contributed by atoms with Crippen LogP contribution in [0.3, 0.4) is 0 Å². The van der Waals surface area contributed by atoms with E-state index < -0.39 is 0 Å². The molecule has 4 nitrogen and oxygen atoms in total. The lowest BCUT2D eigenvalue weighted by molar-refractivity contribution is -0.123. The number of nitrogens with one attached hydrogen (secondary N) is 2. The second-order valence-electron chi connectivity index (χ2n) is 5.79. The monoisotopic (exact) mass is 290 g/mol. The van der Waals surface area contributed by atoms with Crippen molar-refractivity contribution < 1.29 is 9.53 Å². The van der Waals surface area contributed by atoms with E-state index in [9.17, 15) is 4.79 Å². The molecule has 1 aromatic rings. The number of hydrogen-bond acceptors (Lipinski definition) is 3. The van der Waals surface area contributed by atoms with Crippen LogP contribution in [0.1, 0.15) is 44.6 Å². The summed E-state index contributed by atoms with van der Waals surface area (Å²) in [5.41, 5.74) is 1.08. The molecule has 0 saturated heterocycles. The molecule has 0 aromatic heterocycles. The van der Waals surface area contributed by atoms with Gasteiger partial charge in [-0.25, -0.2) is 0 Å². The Hall–Kier alpha value is -1.55. The van der Waals surface area contributed by atoms with E-state index in [0.717, 1.165) is 11.3 Å². The van der Waals surface area contributed by atoms with Gasteiger partial charge in [0.1, 0.15) is 5.75 Å². The van der Waals surface area contributed by atoms with Crippen LogP contribution in [0.15, 0.2) is 24.3 Å². The van der Waals surface area contributed by atoms with Gasteiger partial charge in [0, 0.05) is 12.6 Å². The molecule has 0 unspecified atom stereocenters. The SMILES string of the molecule is COc1ccc(CNC(=O)[C@@H](C)NC2CCCCC2)cc1. The summed E-state index contributed by atoms with van der Waals surface area (Å²) in [5, 5.41) is 6.42. The Morgan fingerprint density at radius 2 is 1.90 bits per heavy atom. The lowest BCUT2D eigenvalue weighted by Gasteiger charge is -2.26. The van der Waals surface area contributed by atoms with E-state index in [4.69, 9.17) is 4.74 Å². The number of methoxy groups -OCH3 is 1.